The maximum Gasteiger partial charge on any atom is 0.131 e. The van der Waals surface area contributed by atoms with Gasteiger partial charge in [-0.3, -0.25) is 0 Å². The Balaban J connectivity index is 1.62. The molecule has 3 aromatic carbocycles. The molecular formula is C39H40N4O. The Bertz CT molecular complexity index is 1730. The molecule has 1 aliphatic carbocycles. The van der Waals surface area contributed by atoms with E-state index in [2.05, 4.69) is 121 Å². The third-order valence-electron chi connectivity index (χ3n) is 8.07. The molecule has 222 valence electrons. The molecular weight excluding hydrogens is 540 g/mol. The third kappa shape index (κ3) is 6.18. The average Bonchev–Trinajstić information content (AvgIpc) is 3.91. The summed E-state index contributed by atoms with van der Waals surface area (Å²) in [5.74, 6) is 3.57. The zero-order valence-corrected chi connectivity index (χ0v) is 26.0. The number of rotatable bonds is 9. The van der Waals surface area contributed by atoms with Crippen LogP contribution in [0.1, 0.15) is 54.9 Å². The Labute approximate surface area is 261 Å². The lowest BCUT2D eigenvalue weighted by Gasteiger charge is -2.38. The molecule has 2 heterocycles. The summed E-state index contributed by atoms with van der Waals surface area (Å²) in [6.07, 6.45) is 8.51. The maximum absolute atomic E-state index is 5.50. The molecule has 1 aliphatic heterocycles. The van der Waals surface area contributed by atoms with Gasteiger partial charge in [-0.25, -0.2) is 4.98 Å². The number of hydrogen-bond acceptors (Lipinski definition) is 5. The van der Waals surface area contributed by atoms with Crippen molar-refractivity contribution in [2.24, 2.45) is 0 Å². The number of ether oxygens (including phenoxy) is 1. The van der Waals surface area contributed by atoms with Crippen LogP contribution in [0.5, 0.6) is 5.75 Å². The normalized spacial score (nSPS) is 16.1. The van der Waals surface area contributed by atoms with E-state index in [4.69, 9.17) is 9.72 Å². The van der Waals surface area contributed by atoms with Crippen LogP contribution in [-0.2, 0) is 0 Å². The van der Waals surface area contributed by atoms with Crippen LogP contribution in [0.25, 0.3) is 16.7 Å². The zero-order chi connectivity index (χ0) is 30.5. The lowest BCUT2D eigenvalue weighted by atomic mass is 9.89. The molecule has 6 rings (SSSR count). The van der Waals surface area contributed by atoms with Crippen molar-refractivity contribution in [3.05, 3.63) is 155 Å². The van der Waals surface area contributed by atoms with Crippen LogP contribution < -0.4 is 15.4 Å². The van der Waals surface area contributed by atoms with Crippen LogP contribution in [0, 0.1) is 6.92 Å². The summed E-state index contributed by atoms with van der Waals surface area (Å²) in [6.45, 7) is 4.29. The van der Waals surface area contributed by atoms with Gasteiger partial charge in [-0.05, 0) is 77.8 Å². The number of benzene rings is 3. The van der Waals surface area contributed by atoms with Gasteiger partial charge in [-0.15, -0.1) is 0 Å². The van der Waals surface area contributed by atoms with Gasteiger partial charge in [-0.2, -0.15) is 0 Å². The predicted molar refractivity (Wildman–Crippen MR) is 182 cm³/mol. The van der Waals surface area contributed by atoms with Gasteiger partial charge in [0.15, 0.2) is 0 Å². The van der Waals surface area contributed by atoms with E-state index in [9.17, 15) is 0 Å². The van der Waals surface area contributed by atoms with Crippen LogP contribution in [-0.4, -0.2) is 24.0 Å². The second-order valence-corrected chi connectivity index (χ2v) is 11.3. The highest BCUT2D eigenvalue weighted by molar-refractivity contribution is 6.06. The van der Waals surface area contributed by atoms with Crippen molar-refractivity contribution in [3.8, 4) is 5.75 Å². The van der Waals surface area contributed by atoms with Gasteiger partial charge in [0.2, 0.25) is 0 Å². The first kappa shape index (κ1) is 29.1. The SMILES string of the molecule is CCC/C=C(/C(=C1/NC(Nc2ccc(C)cn2)=C(c2ccc(OC)cc2)C(=C2CC2)N1C)c1ccccc1)c1ccccc1. The third-order valence-corrected chi connectivity index (χ3v) is 8.07. The first-order valence-electron chi connectivity index (χ1n) is 15.4. The Hall–Kier alpha value is -5.03. The number of unbranched alkanes of at least 4 members (excludes halogenated alkanes) is 1. The summed E-state index contributed by atoms with van der Waals surface area (Å²) >= 11 is 0. The van der Waals surface area contributed by atoms with E-state index in [1.54, 1.807) is 7.11 Å². The van der Waals surface area contributed by atoms with Gasteiger partial charge in [0.25, 0.3) is 0 Å². The number of likely N-dealkylation sites (N-methyl/N-ethyl adjacent to an activating group) is 1. The van der Waals surface area contributed by atoms with Crippen LogP contribution in [0.2, 0.25) is 0 Å². The number of allylic oxidation sites excluding steroid dienone is 5. The van der Waals surface area contributed by atoms with E-state index < -0.39 is 0 Å². The topological polar surface area (TPSA) is 49.4 Å². The fraction of sp³-hybridized carbons (Fsp3) is 0.205. The van der Waals surface area contributed by atoms with E-state index in [0.717, 1.165) is 76.7 Å². The van der Waals surface area contributed by atoms with Gasteiger partial charge in [0.05, 0.1) is 12.8 Å². The number of hydrogen-bond donors (Lipinski definition) is 2. The molecule has 5 nitrogen and oxygen atoms in total. The van der Waals surface area contributed by atoms with Gasteiger partial charge in [-0.1, -0.05) is 98.3 Å². The van der Waals surface area contributed by atoms with E-state index in [0.29, 0.717) is 0 Å². The summed E-state index contributed by atoms with van der Waals surface area (Å²) in [6, 6.07) is 33.9. The summed E-state index contributed by atoms with van der Waals surface area (Å²) in [5.41, 5.74) is 10.8. The summed E-state index contributed by atoms with van der Waals surface area (Å²) in [5, 5.41) is 7.60. The quantitative estimate of drug-likeness (QED) is 0.207. The minimum Gasteiger partial charge on any atom is -0.497 e. The number of nitrogens with one attached hydrogen (secondary N) is 2. The standard InChI is InChI=1S/C39H40N4O/c1-5-6-17-33(28-13-9-7-10-14-28)35(29-15-11-8-12-16-29)39-42-38(41-34-25-18-27(2)26-40-34)36(37(43(39)3)31-19-20-31)30-21-23-32(44-4)24-22-30/h7-18,21-26,42H,5-6,19-20H2,1-4H3,(H,40,41)/b33-17+,39-35-. The molecule has 0 bridgehead atoms. The highest BCUT2D eigenvalue weighted by Crippen LogP contribution is 2.46. The lowest BCUT2D eigenvalue weighted by molar-refractivity contribution is 0.414. The van der Waals surface area contributed by atoms with Crippen molar-refractivity contribution in [3.63, 3.8) is 0 Å². The molecule has 2 N–H and O–H groups in total. The van der Waals surface area contributed by atoms with Crippen molar-refractivity contribution in [1.82, 2.24) is 15.2 Å². The molecule has 1 fully saturated rings. The van der Waals surface area contributed by atoms with Crippen LogP contribution in [0.3, 0.4) is 0 Å². The van der Waals surface area contributed by atoms with Gasteiger partial charge in [0, 0.05) is 24.4 Å². The highest BCUT2D eigenvalue weighted by Gasteiger charge is 2.34. The van der Waals surface area contributed by atoms with E-state index >= 15 is 0 Å². The Morgan fingerprint density at radius 1 is 0.909 bits per heavy atom. The van der Waals surface area contributed by atoms with E-state index in [1.807, 2.05) is 24.4 Å². The molecule has 0 amide bonds. The fourth-order valence-corrected chi connectivity index (χ4v) is 5.70. The summed E-state index contributed by atoms with van der Waals surface area (Å²) in [7, 11) is 3.90. The van der Waals surface area contributed by atoms with Crippen LogP contribution in [0.4, 0.5) is 5.82 Å². The minimum atomic E-state index is 0.791. The number of anilines is 1. The number of nitrogens with zero attached hydrogens (tertiary/aromatic N) is 2. The van der Waals surface area contributed by atoms with Crippen molar-refractivity contribution >= 4 is 22.5 Å². The van der Waals surface area contributed by atoms with Crippen molar-refractivity contribution in [2.45, 2.75) is 39.5 Å². The molecule has 1 aromatic heterocycles. The van der Waals surface area contributed by atoms with Gasteiger partial charge >= 0.3 is 0 Å². The number of aromatic nitrogens is 1. The molecule has 1 saturated carbocycles. The maximum atomic E-state index is 5.50. The summed E-state index contributed by atoms with van der Waals surface area (Å²) in [4.78, 5) is 7.08. The number of pyridine rings is 1. The first-order valence-corrected chi connectivity index (χ1v) is 15.4. The molecule has 5 heteroatoms. The van der Waals surface area contributed by atoms with E-state index in [1.165, 1.54) is 22.4 Å². The highest BCUT2D eigenvalue weighted by atomic mass is 16.5. The zero-order valence-electron chi connectivity index (χ0n) is 26.0. The van der Waals surface area contributed by atoms with Crippen LogP contribution in [0.15, 0.2) is 132 Å². The average molecular weight is 581 g/mol. The van der Waals surface area contributed by atoms with E-state index in [-0.39, 0.29) is 0 Å². The number of aryl methyl sites for hydroxylation is 1. The van der Waals surface area contributed by atoms with Crippen LogP contribution >= 0.6 is 0 Å². The van der Waals surface area contributed by atoms with Crippen molar-refractivity contribution < 1.29 is 4.74 Å². The molecule has 44 heavy (non-hydrogen) atoms. The smallest absolute Gasteiger partial charge is 0.131 e. The molecule has 0 radical (unpaired) electrons. The minimum absolute atomic E-state index is 0.791. The second kappa shape index (κ2) is 13.1. The second-order valence-electron chi connectivity index (χ2n) is 11.3. The number of methoxy groups -OCH3 is 1. The fourth-order valence-electron chi connectivity index (χ4n) is 5.70. The largest absolute Gasteiger partial charge is 0.497 e. The molecule has 0 unspecified atom stereocenters. The molecule has 0 atom stereocenters. The van der Waals surface area contributed by atoms with Crippen molar-refractivity contribution in [1.29, 1.82) is 0 Å². The molecule has 0 saturated heterocycles. The molecule has 0 spiro atoms. The Kier molecular flexibility index (Phi) is 8.64. The Morgan fingerprint density at radius 2 is 1.59 bits per heavy atom. The predicted octanol–water partition coefficient (Wildman–Crippen LogP) is 9.01. The molecule has 2 aliphatic rings. The molecule has 4 aromatic rings. The summed E-state index contributed by atoms with van der Waals surface area (Å²) < 4.78 is 5.50. The van der Waals surface area contributed by atoms with Crippen molar-refractivity contribution in [2.75, 3.05) is 19.5 Å². The first-order chi connectivity index (χ1) is 21.6. The monoisotopic (exact) mass is 580 g/mol. The van der Waals surface area contributed by atoms with Gasteiger partial charge in [0.1, 0.15) is 23.2 Å². The van der Waals surface area contributed by atoms with Gasteiger partial charge < -0.3 is 20.3 Å². The lowest BCUT2D eigenvalue weighted by Crippen LogP contribution is -2.38. The Morgan fingerprint density at radius 3 is 2.18 bits per heavy atom.